The lowest BCUT2D eigenvalue weighted by molar-refractivity contribution is 0.875. The van der Waals surface area contributed by atoms with Gasteiger partial charge in [0, 0.05) is 15.9 Å². The molecule has 1 aliphatic carbocycles. The second-order valence-corrected chi connectivity index (χ2v) is 8.53. The van der Waals surface area contributed by atoms with Gasteiger partial charge in [0.15, 0.2) is 0 Å². The number of rotatable bonds is 3. The molecular weight excluding hydrogens is 342 g/mol. The molecule has 0 radical (unpaired) electrons. The summed E-state index contributed by atoms with van der Waals surface area (Å²) in [5, 5.41) is 8.01. The number of nitrogens with one attached hydrogen (secondary N) is 1. The summed E-state index contributed by atoms with van der Waals surface area (Å²) in [5.74, 6) is 0.439. The van der Waals surface area contributed by atoms with Crippen LogP contribution in [-0.2, 0) is 0 Å². The third-order valence-electron chi connectivity index (χ3n) is 4.66. The van der Waals surface area contributed by atoms with E-state index < -0.39 is 0 Å². The molecule has 122 valence electrons. The van der Waals surface area contributed by atoms with Crippen LogP contribution in [0.25, 0.3) is 15.7 Å². The largest absolute Gasteiger partial charge is 0.342 e. The van der Waals surface area contributed by atoms with E-state index in [9.17, 15) is 0 Å². The summed E-state index contributed by atoms with van der Waals surface area (Å²) in [5.41, 5.74) is 2.72. The molecule has 2 unspecified atom stereocenters. The third kappa shape index (κ3) is 2.74. The first-order valence-electron chi connectivity index (χ1n) is 8.45. The van der Waals surface area contributed by atoms with Crippen molar-refractivity contribution in [3.63, 3.8) is 0 Å². The standard InChI is InChI=1S/C22H17NS2/c1-2-8-15(9-3-1)21-17-11-5-7-13-19(17)25-22(21)23-20-14-16-10-4-6-12-18(16)24-20/h1-14,17,19,23H. The summed E-state index contributed by atoms with van der Waals surface area (Å²) in [6.07, 6.45) is 8.99. The van der Waals surface area contributed by atoms with Gasteiger partial charge in [-0.1, -0.05) is 84.6 Å². The number of benzene rings is 2. The van der Waals surface area contributed by atoms with Crippen molar-refractivity contribution in [1.82, 2.24) is 0 Å². The lowest BCUT2D eigenvalue weighted by atomic mass is 9.88. The molecule has 0 bridgehead atoms. The maximum Gasteiger partial charge on any atom is 0.0943 e. The Labute approximate surface area is 155 Å². The zero-order valence-corrected chi connectivity index (χ0v) is 15.2. The third-order valence-corrected chi connectivity index (χ3v) is 6.97. The van der Waals surface area contributed by atoms with E-state index in [1.54, 1.807) is 0 Å². The van der Waals surface area contributed by atoms with Crippen molar-refractivity contribution in [2.24, 2.45) is 5.92 Å². The summed E-state index contributed by atoms with van der Waals surface area (Å²) in [4.78, 5) is 0. The highest BCUT2D eigenvalue weighted by Gasteiger charge is 2.34. The SMILES string of the molecule is C1=CC2SC(Nc3cc4ccccc4s3)=C(c3ccccc3)C2C=C1. The van der Waals surface area contributed by atoms with Crippen molar-refractivity contribution in [1.29, 1.82) is 0 Å². The normalized spacial score (nSPS) is 21.8. The van der Waals surface area contributed by atoms with Gasteiger partial charge in [-0.25, -0.2) is 0 Å². The second-order valence-electron chi connectivity index (χ2n) is 6.26. The van der Waals surface area contributed by atoms with Gasteiger partial charge < -0.3 is 5.32 Å². The topological polar surface area (TPSA) is 12.0 Å². The summed E-state index contributed by atoms with van der Waals surface area (Å²) in [7, 11) is 0. The number of thioether (sulfide) groups is 1. The van der Waals surface area contributed by atoms with Crippen LogP contribution < -0.4 is 5.32 Å². The van der Waals surface area contributed by atoms with Gasteiger partial charge in [-0.3, -0.25) is 0 Å². The van der Waals surface area contributed by atoms with Crippen molar-refractivity contribution in [2.75, 3.05) is 5.32 Å². The summed E-state index contributed by atoms with van der Waals surface area (Å²) in [6.45, 7) is 0. The minimum absolute atomic E-state index is 0.439. The highest BCUT2D eigenvalue weighted by atomic mass is 32.2. The van der Waals surface area contributed by atoms with E-state index >= 15 is 0 Å². The average Bonchev–Trinajstić information content (AvgIpc) is 3.22. The van der Waals surface area contributed by atoms with Crippen LogP contribution in [0.1, 0.15) is 5.56 Å². The second kappa shape index (κ2) is 6.25. The molecule has 0 fully saturated rings. The van der Waals surface area contributed by atoms with E-state index in [-0.39, 0.29) is 0 Å². The first kappa shape index (κ1) is 15.1. The van der Waals surface area contributed by atoms with Gasteiger partial charge in [-0.2, -0.15) is 0 Å². The molecular formula is C22H17NS2. The lowest BCUT2D eigenvalue weighted by Crippen LogP contribution is -2.11. The predicted molar refractivity (Wildman–Crippen MR) is 112 cm³/mol. The number of anilines is 1. The number of hydrogen-bond donors (Lipinski definition) is 1. The highest BCUT2D eigenvalue weighted by molar-refractivity contribution is 8.04. The van der Waals surface area contributed by atoms with Gasteiger partial charge in [0.1, 0.15) is 0 Å². The molecule has 0 saturated heterocycles. The van der Waals surface area contributed by atoms with Crippen LogP contribution in [0.2, 0.25) is 0 Å². The summed E-state index contributed by atoms with van der Waals surface area (Å²) in [6, 6.07) is 21.6. The number of thiophene rings is 1. The minimum Gasteiger partial charge on any atom is -0.342 e. The van der Waals surface area contributed by atoms with Crippen LogP contribution in [0.3, 0.4) is 0 Å². The molecule has 0 saturated carbocycles. The molecule has 3 heteroatoms. The molecule has 3 aromatic rings. The Morgan fingerprint density at radius 1 is 0.840 bits per heavy atom. The molecule has 25 heavy (non-hydrogen) atoms. The predicted octanol–water partition coefficient (Wildman–Crippen LogP) is 6.54. The zero-order valence-electron chi connectivity index (χ0n) is 13.6. The van der Waals surface area contributed by atoms with E-state index in [1.165, 1.54) is 31.3 Å². The summed E-state index contributed by atoms with van der Waals surface area (Å²) >= 11 is 3.76. The van der Waals surface area contributed by atoms with Crippen LogP contribution in [0.5, 0.6) is 0 Å². The van der Waals surface area contributed by atoms with Crippen molar-refractivity contribution >= 4 is 43.8 Å². The molecule has 1 nitrogen and oxygen atoms in total. The van der Waals surface area contributed by atoms with Gasteiger partial charge in [0.25, 0.3) is 0 Å². The Kier molecular flexibility index (Phi) is 3.76. The average molecular weight is 360 g/mol. The van der Waals surface area contributed by atoms with E-state index in [0.29, 0.717) is 11.2 Å². The van der Waals surface area contributed by atoms with Crippen LogP contribution in [0, 0.1) is 5.92 Å². The zero-order chi connectivity index (χ0) is 16.6. The number of fused-ring (bicyclic) bond motifs is 2. The Morgan fingerprint density at radius 3 is 2.52 bits per heavy atom. The van der Waals surface area contributed by atoms with Gasteiger partial charge in [-0.15, -0.1) is 11.3 Å². The molecule has 2 atom stereocenters. The van der Waals surface area contributed by atoms with Crippen molar-refractivity contribution in [2.45, 2.75) is 5.25 Å². The molecule has 0 amide bonds. The first-order chi connectivity index (χ1) is 12.4. The van der Waals surface area contributed by atoms with Crippen LogP contribution in [0.15, 0.2) is 90.0 Å². The fourth-order valence-electron chi connectivity index (χ4n) is 3.50. The fourth-order valence-corrected chi connectivity index (χ4v) is 5.90. The van der Waals surface area contributed by atoms with Crippen LogP contribution in [0.4, 0.5) is 5.00 Å². The van der Waals surface area contributed by atoms with Crippen molar-refractivity contribution in [3.8, 4) is 0 Å². The van der Waals surface area contributed by atoms with Gasteiger partial charge in [-0.05, 0) is 28.7 Å². The number of allylic oxidation sites excluding steroid dienone is 4. The van der Waals surface area contributed by atoms with E-state index in [1.807, 2.05) is 23.1 Å². The molecule has 2 aromatic carbocycles. The van der Waals surface area contributed by atoms with Crippen molar-refractivity contribution in [3.05, 3.63) is 95.6 Å². The molecule has 0 spiro atoms. The van der Waals surface area contributed by atoms with Gasteiger partial charge in [0.2, 0.25) is 0 Å². The fraction of sp³-hybridized carbons (Fsp3) is 0.0909. The Hall–Kier alpha value is -2.23. The van der Waals surface area contributed by atoms with E-state index in [4.69, 9.17) is 0 Å². The maximum absolute atomic E-state index is 3.73. The smallest absolute Gasteiger partial charge is 0.0943 e. The highest BCUT2D eigenvalue weighted by Crippen LogP contribution is 2.49. The van der Waals surface area contributed by atoms with Gasteiger partial charge >= 0.3 is 0 Å². The molecule has 2 aliphatic rings. The lowest BCUT2D eigenvalue weighted by Gasteiger charge is -2.17. The molecule has 1 aliphatic heterocycles. The van der Waals surface area contributed by atoms with Crippen LogP contribution in [-0.4, -0.2) is 5.25 Å². The molecule has 1 aromatic heterocycles. The van der Waals surface area contributed by atoms with Gasteiger partial charge in [0.05, 0.1) is 10.0 Å². The monoisotopic (exact) mass is 359 g/mol. The molecule has 5 rings (SSSR count). The maximum atomic E-state index is 3.73. The summed E-state index contributed by atoms with van der Waals surface area (Å²) < 4.78 is 1.33. The van der Waals surface area contributed by atoms with Crippen molar-refractivity contribution < 1.29 is 0 Å². The van der Waals surface area contributed by atoms with E-state index in [0.717, 1.165) is 0 Å². The molecule has 2 heterocycles. The van der Waals surface area contributed by atoms with E-state index in [2.05, 4.69) is 90.3 Å². The minimum atomic E-state index is 0.439. The Morgan fingerprint density at radius 2 is 1.64 bits per heavy atom. The Balaban J connectivity index is 1.58. The van der Waals surface area contributed by atoms with Crippen LogP contribution >= 0.6 is 23.1 Å². The first-order valence-corrected chi connectivity index (χ1v) is 10.1. The molecule has 1 N–H and O–H groups in total. The quantitative estimate of drug-likeness (QED) is 0.570. The Bertz CT molecular complexity index is 978. The number of hydrogen-bond acceptors (Lipinski definition) is 3.